The highest BCUT2D eigenvalue weighted by Gasteiger charge is 2.04. The van der Waals surface area contributed by atoms with Crippen LogP contribution in [0, 0.1) is 16.2 Å². The van der Waals surface area contributed by atoms with Crippen molar-refractivity contribution in [2.45, 2.75) is 0 Å². The summed E-state index contributed by atoms with van der Waals surface area (Å²) in [5, 5.41) is 15.3. The van der Waals surface area contributed by atoms with Crippen molar-refractivity contribution in [3.63, 3.8) is 0 Å². The SMILES string of the molecule is O=[N+]([O-])c1[c]c[nH]n1. The molecular weight excluding hydrogens is 110 g/mol. The number of nitrogens with one attached hydrogen (secondary N) is 1. The molecule has 8 heavy (non-hydrogen) atoms. The van der Waals surface area contributed by atoms with Crippen LogP contribution in [0.3, 0.4) is 0 Å². The third kappa shape index (κ3) is 0.651. The predicted molar refractivity (Wildman–Crippen MR) is 24.1 cm³/mol. The third-order valence-electron chi connectivity index (χ3n) is 0.609. The molecule has 0 spiro atoms. The minimum Gasteiger partial charge on any atom is -0.358 e. The highest BCUT2D eigenvalue weighted by Crippen LogP contribution is 1.98. The van der Waals surface area contributed by atoms with Crippen LogP contribution in [0.5, 0.6) is 0 Å². The molecule has 0 unspecified atom stereocenters. The molecule has 0 saturated heterocycles. The molecule has 0 aliphatic carbocycles. The summed E-state index contributed by atoms with van der Waals surface area (Å²) in [6, 6.07) is 2.27. The molecule has 5 heteroatoms. The van der Waals surface area contributed by atoms with E-state index < -0.39 is 4.92 Å². The fourth-order valence-electron chi connectivity index (χ4n) is 0.316. The molecule has 1 radical (unpaired) electrons. The highest BCUT2D eigenvalue weighted by molar-refractivity contribution is 5.10. The molecule has 5 nitrogen and oxygen atoms in total. The van der Waals surface area contributed by atoms with E-state index in [1.54, 1.807) is 0 Å². The van der Waals surface area contributed by atoms with Gasteiger partial charge in [0.15, 0.2) is 0 Å². The summed E-state index contributed by atoms with van der Waals surface area (Å²) >= 11 is 0. The fraction of sp³-hybridized carbons (Fsp3) is 0. The summed E-state index contributed by atoms with van der Waals surface area (Å²) in [7, 11) is 0. The van der Waals surface area contributed by atoms with Gasteiger partial charge in [0.1, 0.15) is 6.07 Å². The van der Waals surface area contributed by atoms with E-state index in [1.807, 2.05) is 0 Å². The summed E-state index contributed by atoms with van der Waals surface area (Å²) < 4.78 is 0. The average molecular weight is 112 g/mol. The van der Waals surface area contributed by atoms with Gasteiger partial charge in [0.25, 0.3) is 0 Å². The second-order valence-electron chi connectivity index (χ2n) is 1.11. The van der Waals surface area contributed by atoms with E-state index in [2.05, 4.69) is 16.3 Å². The van der Waals surface area contributed by atoms with Gasteiger partial charge in [-0.05, 0) is 4.92 Å². The Morgan fingerprint density at radius 3 is 3.00 bits per heavy atom. The Labute approximate surface area is 44.5 Å². The average Bonchev–Trinajstić information content (AvgIpc) is 2.12. The van der Waals surface area contributed by atoms with Crippen molar-refractivity contribution in [3.8, 4) is 0 Å². The summed E-state index contributed by atoms with van der Waals surface area (Å²) in [4.78, 5) is 9.14. The van der Waals surface area contributed by atoms with Gasteiger partial charge in [0, 0.05) is 0 Å². The van der Waals surface area contributed by atoms with Crippen LogP contribution in [0.25, 0.3) is 0 Å². The van der Waals surface area contributed by atoms with Crippen LogP contribution >= 0.6 is 0 Å². The van der Waals surface area contributed by atoms with Crippen LogP contribution in [0.2, 0.25) is 0 Å². The predicted octanol–water partition coefficient (Wildman–Crippen LogP) is 0.118. The van der Waals surface area contributed by atoms with Gasteiger partial charge < -0.3 is 10.1 Å². The van der Waals surface area contributed by atoms with Crippen LogP contribution < -0.4 is 0 Å². The summed E-state index contributed by atoms with van der Waals surface area (Å²) in [6.45, 7) is 0. The Hall–Kier alpha value is -1.39. The van der Waals surface area contributed by atoms with Crippen molar-refractivity contribution in [3.05, 3.63) is 22.4 Å². The van der Waals surface area contributed by atoms with Crippen molar-refractivity contribution >= 4 is 5.82 Å². The van der Waals surface area contributed by atoms with Crippen LogP contribution in [0.4, 0.5) is 5.82 Å². The van der Waals surface area contributed by atoms with Crippen molar-refractivity contribution in [1.29, 1.82) is 0 Å². The maximum Gasteiger partial charge on any atom is 0.397 e. The molecule has 0 aromatic carbocycles. The van der Waals surface area contributed by atoms with E-state index in [0.717, 1.165) is 0 Å². The lowest BCUT2D eigenvalue weighted by Crippen LogP contribution is -1.86. The van der Waals surface area contributed by atoms with Gasteiger partial charge in [-0.15, -0.1) is 0 Å². The number of nitrogens with zero attached hydrogens (tertiary/aromatic N) is 2. The summed E-state index contributed by atoms with van der Waals surface area (Å²) in [5.74, 6) is -0.273. The normalized spacial score (nSPS) is 9.00. The number of nitro groups is 1. The smallest absolute Gasteiger partial charge is 0.358 e. The molecule has 1 aromatic heterocycles. The molecule has 0 aliphatic rings. The Kier molecular flexibility index (Phi) is 0.957. The number of hydrogen-bond donors (Lipinski definition) is 1. The fourth-order valence-corrected chi connectivity index (χ4v) is 0.316. The molecule has 0 fully saturated rings. The number of hydrogen-bond acceptors (Lipinski definition) is 3. The van der Waals surface area contributed by atoms with Crippen molar-refractivity contribution in [2.75, 3.05) is 0 Å². The van der Waals surface area contributed by atoms with E-state index in [9.17, 15) is 10.1 Å². The zero-order valence-electron chi connectivity index (χ0n) is 3.79. The standard InChI is InChI=1S/C3H2N3O2/c7-6(8)3-1-2-4-5-3/h2H,(H,4,5). The maximum atomic E-state index is 9.75. The lowest BCUT2D eigenvalue weighted by molar-refractivity contribution is -0.389. The first-order chi connectivity index (χ1) is 3.80. The molecule has 0 aliphatic heterocycles. The van der Waals surface area contributed by atoms with Gasteiger partial charge >= 0.3 is 5.82 Å². The Balaban J connectivity index is 2.93. The van der Waals surface area contributed by atoms with Gasteiger partial charge in [-0.25, -0.2) is 0 Å². The molecular formula is C3H2N3O2. The van der Waals surface area contributed by atoms with Gasteiger partial charge in [-0.3, -0.25) is 0 Å². The van der Waals surface area contributed by atoms with Crippen LogP contribution in [0.15, 0.2) is 6.20 Å². The molecule has 0 atom stereocenters. The van der Waals surface area contributed by atoms with E-state index in [1.165, 1.54) is 6.20 Å². The van der Waals surface area contributed by atoms with Crippen molar-refractivity contribution in [1.82, 2.24) is 10.2 Å². The second kappa shape index (κ2) is 1.61. The molecule has 0 bridgehead atoms. The van der Waals surface area contributed by atoms with E-state index >= 15 is 0 Å². The first-order valence-corrected chi connectivity index (χ1v) is 1.86. The first kappa shape index (κ1) is 4.76. The van der Waals surface area contributed by atoms with Gasteiger partial charge in [-0.2, -0.15) is 5.10 Å². The first-order valence-electron chi connectivity index (χ1n) is 1.86. The number of rotatable bonds is 1. The van der Waals surface area contributed by atoms with Gasteiger partial charge in [0.05, 0.1) is 11.3 Å². The van der Waals surface area contributed by atoms with Crippen LogP contribution in [-0.4, -0.2) is 15.1 Å². The van der Waals surface area contributed by atoms with Crippen LogP contribution in [-0.2, 0) is 0 Å². The van der Waals surface area contributed by atoms with E-state index in [-0.39, 0.29) is 5.82 Å². The van der Waals surface area contributed by atoms with Crippen molar-refractivity contribution in [2.24, 2.45) is 0 Å². The Bertz CT molecular complexity index is 180. The zero-order chi connectivity index (χ0) is 5.98. The Morgan fingerprint density at radius 2 is 2.75 bits per heavy atom. The second-order valence-corrected chi connectivity index (χ2v) is 1.11. The topological polar surface area (TPSA) is 71.8 Å². The number of aromatic nitrogens is 2. The zero-order valence-corrected chi connectivity index (χ0v) is 3.79. The molecule has 0 amide bonds. The molecule has 1 rings (SSSR count). The van der Waals surface area contributed by atoms with Gasteiger partial charge in [-0.1, -0.05) is 0 Å². The summed E-state index contributed by atoms with van der Waals surface area (Å²) in [6.07, 6.45) is 1.28. The molecule has 1 aromatic rings. The largest absolute Gasteiger partial charge is 0.397 e. The monoisotopic (exact) mass is 112 g/mol. The van der Waals surface area contributed by atoms with Crippen LogP contribution in [0.1, 0.15) is 0 Å². The summed E-state index contributed by atoms with van der Waals surface area (Å²) in [5.41, 5.74) is 0. The quantitative estimate of drug-likeness (QED) is 0.414. The Morgan fingerprint density at radius 1 is 2.00 bits per heavy atom. The lowest BCUT2D eigenvalue weighted by atomic mass is 10.7. The molecule has 1 heterocycles. The molecule has 0 saturated carbocycles. The molecule has 41 valence electrons. The number of H-pyrrole nitrogens is 1. The lowest BCUT2D eigenvalue weighted by Gasteiger charge is -1.79. The highest BCUT2D eigenvalue weighted by atomic mass is 16.6. The molecule has 1 N–H and O–H groups in total. The van der Waals surface area contributed by atoms with Crippen molar-refractivity contribution < 1.29 is 4.92 Å². The maximum absolute atomic E-state index is 9.75. The third-order valence-corrected chi connectivity index (χ3v) is 0.609. The van der Waals surface area contributed by atoms with E-state index in [4.69, 9.17) is 0 Å². The number of aromatic amines is 1. The minimum atomic E-state index is -0.615. The minimum absolute atomic E-state index is 0.273. The van der Waals surface area contributed by atoms with Gasteiger partial charge in [0.2, 0.25) is 0 Å². The van der Waals surface area contributed by atoms with E-state index in [0.29, 0.717) is 0 Å².